The van der Waals surface area contributed by atoms with Crippen LogP contribution in [0.25, 0.3) is 0 Å². The minimum absolute atomic E-state index is 0.0447. The van der Waals surface area contributed by atoms with E-state index in [1.165, 1.54) is 29.5 Å². The highest BCUT2D eigenvalue weighted by Crippen LogP contribution is 2.42. The van der Waals surface area contributed by atoms with E-state index in [4.69, 9.17) is 16.3 Å². The van der Waals surface area contributed by atoms with E-state index in [0.29, 0.717) is 17.7 Å². The second-order valence-electron chi connectivity index (χ2n) is 6.81. The SMILES string of the molecule is O=C(Nc1nnc(C2CC2)s1)c1ccc(Cl)c(S(=O)(=O)NCC2CCCO2)c1. The Balaban J connectivity index is 1.47. The molecule has 1 aliphatic heterocycles. The van der Waals surface area contributed by atoms with E-state index in [1.807, 2.05) is 0 Å². The smallest absolute Gasteiger partial charge is 0.257 e. The summed E-state index contributed by atoms with van der Waals surface area (Å²) in [5.74, 6) is -0.0175. The molecule has 28 heavy (non-hydrogen) atoms. The highest BCUT2D eigenvalue weighted by Gasteiger charge is 2.28. The molecule has 2 aromatic rings. The molecule has 2 N–H and O–H groups in total. The number of sulfonamides is 1. The highest BCUT2D eigenvalue weighted by molar-refractivity contribution is 7.89. The van der Waals surface area contributed by atoms with Crippen molar-refractivity contribution < 1.29 is 17.9 Å². The van der Waals surface area contributed by atoms with Gasteiger partial charge in [0.1, 0.15) is 9.90 Å². The minimum atomic E-state index is -3.87. The van der Waals surface area contributed by atoms with Crippen LogP contribution in [0.4, 0.5) is 5.13 Å². The van der Waals surface area contributed by atoms with Gasteiger partial charge in [-0.05, 0) is 43.9 Å². The molecule has 1 unspecified atom stereocenters. The van der Waals surface area contributed by atoms with Crippen LogP contribution in [0.15, 0.2) is 23.1 Å². The molecule has 2 fully saturated rings. The van der Waals surface area contributed by atoms with Crippen molar-refractivity contribution in [3.8, 4) is 0 Å². The van der Waals surface area contributed by atoms with Gasteiger partial charge in [0.05, 0.1) is 11.1 Å². The summed E-state index contributed by atoms with van der Waals surface area (Å²) in [4.78, 5) is 12.4. The number of carbonyl (C=O) groups is 1. The molecule has 2 aliphatic rings. The lowest BCUT2D eigenvalue weighted by Crippen LogP contribution is -2.32. The maximum Gasteiger partial charge on any atom is 0.257 e. The fourth-order valence-electron chi connectivity index (χ4n) is 2.89. The van der Waals surface area contributed by atoms with Crippen LogP contribution in [0.5, 0.6) is 0 Å². The van der Waals surface area contributed by atoms with Crippen LogP contribution in [0.1, 0.15) is 47.0 Å². The number of benzene rings is 1. The zero-order chi connectivity index (χ0) is 19.7. The summed E-state index contributed by atoms with van der Waals surface area (Å²) in [7, 11) is -3.87. The molecule has 0 radical (unpaired) electrons. The first-order chi connectivity index (χ1) is 13.4. The van der Waals surface area contributed by atoms with Gasteiger partial charge in [0, 0.05) is 24.6 Å². The normalized spacial score (nSPS) is 19.7. The number of carbonyl (C=O) groups excluding carboxylic acids is 1. The molecule has 11 heteroatoms. The van der Waals surface area contributed by atoms with Crippen molar-refractivity contribution in [3.63, 3.8) is 0 Å². The first-order valence-corrected chi connectivity index (χ1v) is 11.7. The monoisotopic (exact) mass is 442 g/mol. The molecule has 1 aliphatic carbocycles. The van der Waals surface area contributed by atoms with Crippen LogP contribution in [-0.4, -0.2) is 43.8 Å². The number of aromatic nitrogens is 2. The van der Waals surface area contributed by atoms with E-state index in [1.54, 1.807) is 0 Å². The fraction of sp³-hybridized carbons (Fsp3) is 0.471. The number of anilines is 1. The second-order valence-corrected chi connectivity index (χ2v) is 9.96. The van der Waals surface area contributed by atoms with Crippen LogP contribution in [0.3, 0.4) is 0 Å². The van der Waals surface area contributed by atoms with E-state index in [9.17, 15) is 13.2 Å². The van der Waals surface area contributed by atoms with Crippen molar-refractivity contribution >= 4 is 44.0 Å². The molecular formula is C17H19ClN4O4S2. The zero-order valence-corrected chi connectivity index (χ0v) is 17.2. The van der Waals surface area contributed by atoms with Gasteiger partial charge < -0.3 is 4.74 Å². The molecule has 1 amide bonds. The third-order valence-electron chi connectivity index (χ3n) is 4.60. The molecule has 150 valence electrons. The van der Waals surface area contributed by atoms with Gasteiger partial charge in [-0.25, -0.2) is 13.1 Å². The Morgan fingerprint density at radius 3 is 2.82 bits per heavy atom. The van der Waals surface area contributed by atoms with Crippen molar-refractivity contribution in [3.05, 3.63) is 33.8 Å². The summed E-state index contributed by atoms with van der Waals surface area (Å²) in [6.07, 6.45) is 3.78. The standard InChI is InChI=1S/C17H19ClN4O4S2/c18-13-6-5-11(15(23)20-17-22-21-16(27-17)10-3-4-10)8-14(13)28(24,25)19-9-12-2-1-7-26-12/h5-6,8,10,12,19H,1-4,7,9H2,(H,20,22,23). The lowest BCUT2D eigenvalue weighted by molar-refractivity contribution is 0.102. The largest absolute Gasteiger partial charge is 0.377 e. The average molecular weight is 443 g/mol. The summed E-state index contributed by atoms with van der Waals surface area (Å²) in [5.41, 5.74) is 0.171. The number of halogens is 1. The predicted molar refractivity (Wildman–Crippen MR) is 105 cm³/mol. The summed E-state index contributed by atoms with van der Waals surface area (Å²) in [6, 6.07) is 4.13. The first kappa shape index (κ1) is 19.7. The Hall–Kier alpha value is -1.59. The number of nitrogens with zero attached hydrogens (tertiary/aromatic N) is 2. The van der Waals surface area contributed by atoms with Gasteiger partial charge >= 0.3 is 0 Å². The van der Waals surface area contributed by atoms with Crippen molar-refractivity contribution in [2.24, 2.45) is 0 Å². The lowest BCUT2D eigenvalue weighted by atomic mass is 10.2. The second kappa shape index (κ2) is 8.03. The van der Waals surface area contributed by atoms with Crippen molar-refractivity contribution in [1.29, 1.82) is 0 Å². The van der Waals surface area contributed by atoms with Gasteiger partial charge in [-0.2, -0.15) is 0 Å². The molecular weight excluding hydrogens is 424 g/mol. The molecule has 4 rings (SSSR count). The van der Waals surface area contributed by atoms with Gasteiger partial charge in [-0.15, -0.1) is 10.2 Å². The van der Waals surface area contributed by atoms with E-state index >= 15 is 0 Å². The topological polar surface area (TPSA) is 110 Å². The van der Waals surface area contributed by atoms with Gasteiger partial charge in [0.15, 0.2) is 0 Å². The molecule has 1 saturated heterocycles. The molecule has 8 nitrogen and oxygen atoms in total. The van der Waals surface area contributed by atoms with E-state index in [0.717, 1.165) is 30.7 Å². The zero-order valence-electron chi connectivity index (χ0n) is 14.9. The predicted octanol–water partition coefficient (Wildman–Crippen LogP) is 2.78. The Labute approximate surface area is 171 Å². The Bertz CT molecular complexity index is 985. The van der Waals surface area contributed by atoms with Crippen LogP contribution < -0.4 is 10.0 Å². The van der Waals surface area contributed by atoms with E-state index in [2.05, 4.69) is 20.2 Å². The van der Waals surface area contributed by atoms with Crippen molar-refractivity contribution in [2.45, 2.75) is 42.6 Å². The molecule has 1 aromatic heterocycles. The maximum absolute atomic E-state index is 12.6. The van der Waals surface area contributed by atoms with Gasteiger partial charge in [0.25, 0.3) is 5.91 Å². The highest BCUT2D eigenvalue weighted by atomic mass is 35.5. The van der Waals surface area contributed by atoms with Crippen LogP contribution >= 0.6 is 22.9 Å². The van der Waals surface area contributed by atoms with E-state index < -0.39 is 15.9 Å². The first-order valence-electron chi connectivity index (χ1n) is 8.98. The number of ether oxygens (including phenoxy) is 1. The van der Waals surface area contributed by atoms with E-state index in [-0.39, 0.29) is 28.1 Å². The molecule has 1 aromatic carbocycles. The molecule has 2 heterocycles. The van der Waals surface area contributed by atoms with Crippen molar-refractivity contribution in [1.82, 2.24) is 14.9 Å². The lowest BCUT2D eigenvalue weighted by Gasteiger charge is -2.13. The molecule has 1 saturated carbocycles. The Kier molecular flexibility index (Phi) is 5.66. The molecule has 0 bridgehead atoms. The Morgan fingerprint density at radius 1 is 1.29 bits per heavy atom. The summed E-state index contributed by atoms with van der Waals surface area (Å²) in [6.45, 7) is 0.806. The number of hydrogen-bond donors (Lipinski definition) is 2. The fourth-order valence-corrected chi connectivity index (χ4v) is 5.38. The minimum Gasteiger partial charge on any atom is -0.377 e. The van der Waals surface area contributed by atoms with Crippen LogP contribution in [0.2, 0.25) is 5.02 Å². The van der Waals surface area contributed by atoms with Crippen LogP contribution in [0, 0.1) is 0 Å². The quantitative estimate of drug-likeness (QED) is 0.682. The van der Waals surface area contributed by atoms with Crippen LogP contribution in [-0.2, 0) is 14.8 Å². The van der Waals surface area contributed by atoms with Gasteiger partial charge in [0.2, 0.25) is 15.2 Å². The van der Waals surface area contributed by atoms with Gasteiger partial charge in [-0.3, -0.25) is 10.1 Å². The number of nitrogens with one attached hydrogen (secondary N) is 2. The third-order valence-corrected chi connectivity index (χ3v) is 7.50. The Morgan fingerprint density at radius 2 is 2.11 bits per heavy atom. The number of amides is 1. The maximum atomic E-state index is 12.6. The number of hydrogen-bond acceptors (Lipinski definition) is 7. The van der Waals surface area contributed by atoms with Gasteiger partial charge in [-0.1, -0.05) is 22.9 Å². The summed E-state index contributed by atoms with van der Waals surface area (Å²) >= 11 is 7.42. The summed E-state index contributed by atoms with van der Waals surface area (Å²) in [5, 5.41) is 12.1. The third kappa shape index (κ3) is 4.52. The molecule has 0 spiro atoms. The van der Waals surface area contributed by atoms with Crippen molar-refractivity contribution in [2.75, 3.05) is 18.5 Å². The number of rotatable bonds is 7. The average Bonchev–Trinajstić information content (AvgIpc) is 3.18. The summed E-state index contributed by atoms with van der Waals surface area (Å²) < 4.78 is 33.2. The molecule has 1 atom stereocenters.